The molecule has 0 atom stereocenters. The number of anilines is 2. The predicted octanol–water partition coefficient (Wildman–Crippen LogP) is 3.33. The lowest BCUT2D eigenvalue weighted by molar-refractivity contribution is 0.518. The Bertz CT molecular complexity index is 705. The van der Waals surface area contributed by atoms with Crippen LogP contribution < -0.4 is 11.1 Å². The Morgan fingerprint density at radius 1 is 1.26 bits per heavy atom. The number of nitrogen functional groups attached to an aromatic ring is 1. The van der Waals surface area contributed by atoms with Gasteiger partial charge in [0.1, 0.15) is 5.76 Å². The van der Waals surface area contributed by atoms with Crippen LogP contribution in [0.3, 0.4) is 0 Å². The van der Waals surface area contributed by atoms with Crippen LogP contribution in [0.1, 0.15) is 11.5 Å². The summed E-state index contributed by atoms with van der Waals surface area (Å²) in [5, 5.41) is 4.39. The molecular weight excluding hydrogens is 238 g/mol. The topological polar surface area (TPSA) is 64.1 Å². The van der Waals surface area contributed by atoms with Crippen molar-refractivity contribution < 1.29 is 4.42 Å². The van der Waals surface area contributed by atoms with Crippen LogP contribution in [0.25, 0.3) is 10.9 Å². The third-order valence-corrected chi connectivity index (χ3v) is 2.99. The molecule has 0 unspecified atom stereocenters. The molecule has 0 aliphatic carbocycles. The Labute approximate surface area is 111 Å². The summed E-state index contributed by atoms with van der Waals surface area (Å²) in [6, 6.07) is 11.6. The van der Waals surface area contributed by atoms with E-state index in [1.54, 1.807) is 6.26 Å². The minimum absolute atomic E-state index is 0.639. The molecule has 4 nitrogen and oxygen atoms in total. The van der Waals surface area contributed by atoms with Gasteiger partial charge in [0.05, 0.1) is 18.3 Å². The lowest BCUT2D eigenvalue weighted by atomic mass is 10.1. The highest BCUT2D eigenvalue weighted by Crippen LogP contribution is 2.25. The maximum absolute atomic E-state index is 5.85. The van der Waals surface area contributed by atoms with Crippen LogP contribution in [0.4, 0.5) is 11.4 Å². The van der Waals surface area contributed by atoms with E-state index >= 15 is 0 Å². The molecule has 3 N–H and O–H groups in total. The average molecular weight is 253 g/mol. The first-order chi connectivity index (χ1) is 9.22. The van der Waals surface area contributed by atoms with Gasteiger partial charge < -0.3 is 15.5 Å². The third-order valence-electron chi connectivity index (χ3n) is 2.99. The number of fused-ring (bicyclic) bond motifs is 1. The van der Waals surface area contributed by atoms with E-state index in [1.807, 2.05) is 43.3 Å². The fourth-order valence-electron chi connectivity index (χ4n) is 2.12. The highest BCUT2D eigenvalue weighted by atomic mass is 16.3. The fraction of sp³-hybridized carbons (Fsp3) is 0.133. The number of nitrogens with two attached hydrogens (primary N) is 1. The molecule has 96 valence electrons. The molecule has 0 amide bonds. The standard InChI is InChI=1S/C15H15N3O/c1-10-7-15(17-9-12-3-2-6-19-12)13-8-11(16)4-5-14(13)18-10/h2-8H,9,16H2,1H3,(H,17,18). The number of hydrogen-bond acceptors (Lipinski definition) is 4. The third kappa shape index (κ3) is 2.38. The minimum Gasteiger partial charge on any atom is -0.467 e. The van der Waals surface area contributed by atoms with Gasteiger partial charge in [0.25, 0.3) is 0 Å². The van der Waals surface area contributed by atoms with Crippen molar-refractivity contribution in [2.24, 2.45) is 0 Å². The Hall–Kier alpha value is -2.49. The predicted molar refractivity (Wildman–Crippen MR) is 76.9 cm³/mol. The second-order valence-electron chi connectivity index (χ2n) is 4.52. The van der Waals surface area contributed by atoms with E-state index in [0.717, 1.165) is 33.7 Å². The zero-order valence-electron chi connectivity index (χ0n) is 10.7. The monoisotopic (exact) mass is 253 g/mol. The van der Waals surface area contributed by atoms with E-state index in [4.69, 9.17) is 10.2 Å². The highest BCUT2D eigenvalue weighted by molar-refractivity contribution is 5.93. The molecule has 0 radical (unpaired) electrons. The van der Waals surface area contributed by atoms with Crippen molar-refractivity contribution >= 4 is 22.3 Å². The van der Waals surface area contributed by atoms with Crippen molar-refractivity contribution in [3.8, 4) is 0 Å². The Kier molecular flexibility index (Phi) is 2.83. The van der Waals surface area contributed by atoms with Crippen molar-refractivity contribution in [3.05, 3.63) is 54.1 Å². The summed E-state index contributed by atoms with van der Waals surface area (Å²) in [5.74, 6) is 0.895. The van der Waals surface area contributed by atoms with Gasteiger partial charge in [-0.1, -0.05) is 0 Å². The number of nitrogens with zero attached hydrogens (tertiary/aromatic N) is 1. The first-order valence-electron chi connectivity index (χ1n) is 6.15. The number of aromatic nitrogens is 1. The smallest absolute Gasteiger partial charge is 0.122 e. The van der Waals surface area contributed by atoms with Gasteiger partial charge in [-0.15, -0.1) is 0 Å². The van der Waals surface area contributed by atoms with Gasteiger partial charge in [-0.2, -0.15) is 0 Å². The molecular formula is C15H15N3O. The maximum Gasteiger partial charge on any atom is 0.122 e. The van der Waals surface area contributed by atoms with Crippen molar-refractivity contribution in [1.29, 1.82) is 0 Å². The lowest BCUT2D eigenvalue weighted by Crippen LogP contribution is -2.00. The van der Waals surface area contributed by atoms with Crippen LogP contribution in [0, 0.1) is 6.92 Å². The first kappa shape index (κ1) is 11.6. The van der Waals surface area contributed by atoms with E-state index < -0.39 is 0 Å². The number of aryl methyl sites for hydroxylation is 1. The SMILES string of the molecule is Cc1cc(NCc2ccco2)c2cc(N)ccc2n1. The number of nitrogens with one attached hydrogen (secondary N) is 1. The number of furan rings is 1. The number of rotatable bonds is 3. The molecule has 0 saturated heterocycles. The normalized spacial score (nSPS) is 10.8. The van der Waals surface area contributed by atoms with Crippen LogP contribution in [0.15, 0.2) is 47.1 Å². The highest BCUT2D eigenvalue weighted by Gasteiger charge is 2.05. The zero-order chi connectivity index (χ0) is 13.2. The number of pyridine rings is 1. The fourth-order valence-corrected chi connectivity index (χ4v) is 2.12. The second-order valence-corrected chi connectivity index (χ2v) is 4.52. The summed E-state index contributed by atoms with van der Waals surface area (Å²) in [4.78, 5) is 4.50. The molecule has 0 bridgehead atoms. The van der Waals surface area contributed by atoms with Gasteiger partial charge in [-0.05, 0) is 43.3 Å². The summed E-state index contributed by atoms with van der Waals surface area (Å²) in [6.45, 7) is 2.62. The molecule has 0 saturated carbocycles. The van der Waals surface area contributed by atoms with Gasteiger partial charge in [0.2, 0.25) is 0 Å². The largest absolute Gasteiger partial charge is 0.467 e. The molecule has 2 heterocycles. The van der Waals surface area contributed by atoms with Crippen LogP contribution in [0.5, 0.6) is 0 Å². The van der Waals surface area contributed by atoms with E-state index in [0.29, 0.717) is 6.54 Å². The molecule has 0 fully saturated rings. The Balaban J connectivity index is 1.99. The quantitative estimate of drug-likeness (QED) is 0.703. The minimum atomic E-state index is 0.639. The van der Waals surface area contributed by atoms with Crippen molar-refractivity contribution in [2.75, 3.05) is 11.1 Å². The lowest BCUT2D eigenvalue weighted by Gasteiger charge is -2.10. The van der Waals surface area contributed by atoms with Crippen LogP contribution in [-0.4, -0.2) is 4.98 Å². The Morgan fingerprint density at radius 2 is 2.16 bits per heavy atom. The van der Waals surface area contributed by atoms with E-state index in [-0.39, 0.29) is 0 Å². The Morgan fingerprint density at radius 3 is 2.95 bits per heavy atom. The molecule has 0 aliphatic rings. The molecule has 3 aromatic rings. The van der Waals surface area contributed by atoms with Gasteiger partial charge in [0.15, 0.2) is 0 Å². The molecule has 0 spiro atoms. The maximum atomic E-state index is 5.85. The summed E-state index contributed by atoms with van der Waals surface area (Å²) in [7, 11) is 0. The summed E-state index contributed by atoms with van der Waals surface area (Å²) in [5.41, 5.74) is 9.51. The van der Waals surface area contributed by atoms with Crippen LogP contribution >= 0.6 is 0 Å². The molecule has 19 heavy (non-hydrogen) atoms. The van der Waals surface area contributed by atoms with E-state index in [1.165, 1.54) is 0 Å². The van der Waals surface area contributed by atoms with Crippen molar-refractivity contribution in [3.63, 3.8) is 0 Å². The van der Waals surface area contributed by atoms with Gasteiger partial charge in [0, 0.05) is 22.5 Å². The summed E-state index contributed by atoms with van der Waals surface area (Å²) in [6.07, 6.45) is 1.67. The zero-order valence-corrected chi connectivity index (χ0v) is 10.7. The van der Waals surface area contributed by atoms with E-state index in [9.17, 15) is 0 Å². The van der Waals surface area contributed by atoms with Gasteiger partial charge in [-0.25, -0.2) is 0 Å². The number of benzene rings is 1. The molecule has 3 rings (SSSR count). The van der Waals surface area contributed by atoms with Crippen molar-refractivity contribution in [2.45, 2.75) is 13.5 Å². The summed E-state index contributed by atoms with van der Waals surface area (Å²) >= 11 is 0. The van der Waals surface area contributed by atoms with Gasteiger partial charge >= 0.3 is 0 Å². The molecule has 4 heteroatoms. The molecule has 1 aromatic carbocycles. The van der Waals surface area contributed by atoms with Crippen LogP contribution in [0.2, 0.25) is 0 Å². The number of hydrogen-bond donors (Lipinski definition) is 2. The van der Waals surface area contributed by atoms with E-state index in [2.05, 4.69) is 10.3 Å². The van der Waals surface area contributed by atoms with Gasteiger partial charge in [-0.3, -0.25) is 4.98 Å². The second kappa shape index (κ2) is 4.65. The molecule has 0 aliphatic heterocycles. The first-order valence-corrected chi connectivity index (χ1v) is 6.15. The van der Waals surface area contributed by atoms with Crippen LogP contribution in [-0.2, 0) is 6.54 Å². The molecule has 2 aromatic heterocycles. The average Bonchev–Trinajstić information content (AvgIpc) is 2.89. The van der Waals surface area contributed by atoms with Crippen molar-refractivity contribution in [1.82, 2.24) is 4.98 Å². The summed E-state index contributed by atoms with van der Waals surface area (Å²) < 4.78 is 5.32.